The summed E-state index contributed by atoms with van der Waals surface area (Å²) in [5.41, 5.74) is 1.58. The van der Waals surface area contributed by atoms with E-state index in [0.29, 0.717) is 0 Å². The third-order valence-electron chi connectivity index (χ3n) is 22.1. The van der Waals surface area contributed by atoms with E-state index in [1.807, 2.05) is 0 Å². The Bertz CT molecular complexity index is 1490. The largest absolute Gasteiger partial charge is 0.125 e. The highest BCUT2D eigenvalue weighted by Crippen LogP contribution is 2.42. The molecule has 97 heavy (non-hydrogen) atoms. The van der Waals surface area contributed by atoms with Crippen LogP contribution in [-0.2, 0) is 6.42 Å². The fourth-order valence-electron chi connectivity index (χ4n) is 15.3. The van der Waals surface area contributed by atoms with Crippen LogP contribution in [0.4, 0.5) is 0 Å². The quantitative estimate of drug-likeness (QED) is 0.0471. The van der Waals surface area contributed by atoms with Crippen LogP contribution in [0.1, 0.15) is 540 Å². The van der Waals surface area contributed by atoms with Crippen LogP contribution in [0, 0.1) is 6.92 Å². The van der Waals surface area contributed by atoms with Gasteiger partial charge in [0, 0.05) is 14.7 Å². The predicted octanol–water partition coefficient (Wildman–Crippen LogP) is 36.6. The molecule has 0 aliphatic rings. The number of hydrogen-bond donors (Lipinski definition) is 0. The lowest BCUT2D eigenvalue weighted by atomic mass is 10.0. The van der Waals surface area contributed by atoms with Gasteiger partial charge in [-0.15, -0.1) is 35.3 Å². The van der Waals surface area contributed by atoms with Gasteiger partial charge >= 0.3 is 0 Å². The first-order valence-corrected chi connectivity index (χ1v) is 49.1. The minimum absolute atomic E-state index is 1.04. The second kappa shape index (κ2) is 85.2. The highest BCUT2D eigenvalue weighted by molar-refractivity contribution is 8.03. The standard InChI is InChI=1S/C94H181S3/c1-5-9-13-16-19-22-25-28-31-34-37-40-43-46-49-52-55-58-61-64-67-70-73-76-79-82-86-95-92-89-91(85-12-8-4)90-93(96-87-83-80-77-74-71-68-65-62-59-56-53-50-47-44-41-38-35-32-29-26-23-20-17-14-10-6-2)94(92)97-88-84-81-78-75-72-69-66-63-60-57-54-51-48-45-42-39-36-33-30-27-24-21-18-15-11-7-3/h89-90H,4-88H2,1-3H3. The molecule has 0 atom stereocenters. The maximum Gasteiger partial charge on any atom is 0.0344 e. The summed E-state index contributed by atoms with van der Waals surface area (Å²) >= 11 is 6.67. The van der Waals surface area contributed by atoms with E-state index >= 15 is 0 Å². The molecular formula is C94H181S3. The average molecular weight is 1410 g/mol. The van der Waals surface area contributed by atoms with Crippen LogP contribution in [0.5, 0.6) is 0 Å². The molecule has 0 nitrogen and oxygen atoms in total. The molecule has 0 amide bonds. The molecule has 0 aromatic heterocycles. The van der Waals surface area contributed by atoms with E-state index in [-0.39, 0.29) is 0 Å². The fourth-order valence-corrected chi connectivity index (χ4v) is 19.1. The van der Waals surface area contributed by atoms with Crippen molar-refractivity contribution >= 4 is 35.3 Å². The number of unbranched alkanes of at least 4 members (excludes halogenated alkanes) is 76. The van der Waals surface area contributed by atoms with E-state index in [4.69, 9.17) is 0 Å². The van der Waals surface area contributed by atoms with E-state index < -0.39 is 0 Å². The fraction of sp³-hybridized carbons (Fsp3) is 0.926. The molecule has 1 aromatic rings. The second-order valence-corrected chi connectivity index (χ2v) is 35.3. The molecule has 0 aliphatic heterocycles. The van der Waals surface area contributed by atoms with E-state index in [1.54, 1.807) is 20.2 Å². The van der Waals surface area contributed by atoms with E-state index in [2.05, 4.69) is 75.1 Å². The number of rotatable bonds is 87. The zero-order valence-electron chi connectivity index (χ0n) is 67.5. The Morgan fingerprint density at radius 1 is 0.186 bits per heavy atom. The molecule has 0 aliphatic carbocycles. The molecule has 0 N–H and O–H groups in total. The van der Waals surface area contributed by atoms with Crippen molar-refractivity contribution in [2.45, 2.75) is 556 Å². The lowest BCUT2D eigenvalue weighted by Crippen LogP contribution is -1.95. The minimum atomic E-state index is 1.04. The van der Waals surface area contributed by atoms with Crippen LogP contribution in [0.15, 0.2) is 26.8 Å². The first-order valence-electron chi connectivity index (χ1n) is 46.1. The van der Waals surface area contributed by atoms with Crippen molar-refractivity contribution in [3.63, 3.8) is 0 Å². The van der Waals surface area contributed by atoms with Gasteiger partial charge in [0.1, 0.15) is 0 Å². The van der Waals surface area contributed by atoms with Gasteiger partial charge < -0.3 is 0 Å². The van der Waals surface area contributed by atoms with Crippen molar-refractivity contribution in [1.29, 1.82) is 0 Å². The zero-order valence-corrected chi connectivity index (χ0v) is 69.9. The highest BCUT2D eigenvalue weighted by Gasteiger charge is 2.14. The molecule has 0 unspecified atom stereocenters. The van der Waals surface area contributed by atoms with Crippen molar-refractivity contribution in [1.82, 2.24) is 0 Å². The average Bonchev–Trinajstić information content (AvgIpc) is 0.933. The molecule has 3 heteroatoms. The Morgan fingerprint density at radius 3 is 0.485 bits per heavy atom. The van der Waals surface area contributed by atoms with Gasteiger partial charge in [-0.05, 0) is 67.1 Å². The maximum absolute atomic E-state index is 4.26. The van der Waals surface area contributed by atoms with Crippen LogP contribution < -0.4 is 0 Å². The summed E-state index contributed by atoms with van der Waals surface area (Å²) in [4.78, 5) is 4.89. The van der Waals surface area contributed by atoms with Crippen LogP contribution in [-0.4, -0.2) is 17.3 Å². The number of thioether (sulfide) groups is 3. The Labute approximate surface area is 628 Å². The Hall–Kier alpha value is 0.270. The molecule has 0 spiro atoms. The summed E-state index contributed by atoms with van der Waals surface area (Å²) in [6.45, 7) is 11.2. The topological polar surface area (TPSA) is 0 Å². The third-order valence-corrected chi connectivity index (χ3v) is 25.8. The zero-order chi connectivity index (χ0) is 69.2. The molecule has 1 radical (unpaired) electrons. The van der Waals surface area contributed by atoms with Gasteiger partial charge in [-0.1, -0.05) is 516 Å². The van der Waals surface area contributed by atoms with Crippen LogP contribution in [0.3, 0.4) is 0 Å². The Balaban J connectivity index is 2.36. The monoisotopic (exact) mass is 1410 g/mol. The lowest BCUT2D eigenvalue weighted by Gasteiger charge is -2.17. The number of benzene rings is 1. The van der Waals surface area contributed by atoms with E-state index in [1.165, 1.54) is 531 Å². The summed E-state index contributed by atoms with van der Waals surface area (Å²) in [6.07, 6.45) is 118. The van der Waals surface area contributed by atoms with Crippen molar-refractivity contribution in [2.75, 3.05) is 17.3 Å². The Morgan fingerprint density at radius 2 is 0.330 bits per heavy atom. The van der Waals surface area contributed by atoms with Gasteiger partial charge in [0.05, 0.1) is 0 Å². The normalized spacial score (nSPS) is 11.8. The molecule has 0 saturated carbocycles. The lowest BCUT2D eigenvalue weighted by molar-refractivity contribution is 0.516. The van der Waals surface area contributed by atoms with Crippen molar-refractivity contribution in [3.8, 4) is 0 Å². The summed E-state index contributed by atoms with van der Waals surface area (Å²) in [7, 11) is 0. The first kappa shape index (κ1) is 95.3. The Kier molecular flexibility index (Phi) is 83.7. The smallest absolute Gasteiger partial charge is 0.0344 e. The summed E-state index contributed by atoms with van der Waals surface area (Å²) < 4.78 is 0. The maximum atomic E-state index is 4.26. The van der Waals surface area contributed by atoms with Gasteiger partial charge in [0.15, 0.2) is 0 Å². The van der Waals surface area contributed by atoms with Crippen molar-refractivity contribution in [3.05, 3.63) is 24.6 Å². The van der Waals surface area contributed by atoms with Crippen LogP contribution in [0.2, 0.25) is 0 Å². The molecule has 1 aromatic carbocycles. The van der Waals surface area contributed by atoms with Gasteiger partial charge in [-0.2, -0.15) is 0 Å². The van der Waals surface area contributed by atoms with Crippen molar-refractivity contribution < 1.29 is 0 Å². The second-order valence-electron chi connectivity index (χ2n) is 31.9. The van der Waals surface area contributed by atoms with E-state index in [0.717, 1.165) is 6.42 Å². The highest BCUT2D eigenvalue weighted by atomic mass is 32.2. The molecule has 0 heterocycles. The van der Waals surface area contributed by atoms with Crippen LogP contribution >= 0.6 is 35.3 Å². The van der Waals surface area contributed by atoms with Crippen molar-refractivity contribution in [2.24, 2.45) is 0 Å². The van der Waals surface area contributed by atoms with Gasteiger partial charge in [0.25, 0.3) is 0 Å². The molecular weight excluding hydrogens is 1230 g/mol. The molecule has 575 valence electrons. The molecule has 1 rings (SSSR count). The predicted molar refractivity (Wildman–Crippen MR) is 454 cm³/mol. The summed E-state index contributed by atoms with van der Waals surface area (Å²) in [5.74, 6) is 3.86. The first-order chi connectivity index (χ1) is 48.3. The summed E-state index contributed by atoms with van der Waals surface area (Å²) in [6, 6.07) is 5.27. The molecule has 0 bridgehead atoms. The van der Waals surface area contributed by atoms with Gasteiger partial charge in [-0.25, -0.2) is 0 Å². The molecule has 0 fully saturated rings. The van der Waals surface area contributed by atoms with Gasteiger partial charge in [-0.3, -0.25) is 0 Å². The minimum Gasteiger partial charge on any atom is -0.125 e. The summed E-state index contributed by atoms with van der Waals surface area (Å²) in [5, 5.41) is 0. The third kappa shape index (κ3) is 74.4. The number of aryl methyl sites for hydroxylation is 1. The number of hydrogen-bond acceptors (Lipinski definition) is 3. The SMILES string of the molecule is [CH2]CCCc1cc(SCCCCCCCCCCCCCCCCCCCCCCCCCCCC)c(SCCCCCCCCCCCCCCCCCCCCCCCCCCCC)c(SCCCCCCCCCCCCCCCCCCCCCCCCCCCC)c1. The van der Waals surface area contributed by atoms with Crippen LogP contribution in [0.25, 0.3) is 0 Å². The molecule has 0 saturated heterocycles. The van der Waals surface area contributed by atoms with E-state index in [9.17, 15) is 0 Å². The van der Waals surface area contributed by atoms with Gasteiger partial charge in [0.2, 0.25) is 0 Å².